The molecule has 0 radical (unpaired) electrons. The van der Waals surface area contributed by atoms with Crippen LogP contribution in [0.2, 0.25) is 0 Å². The van der Waals surface area contributed by atoms with E-state index >= 15 is 0 Å². The minimum absolute atomic E-state index is 0.0164. The minimum Gasteiger partial charge on any atom is -0.460 e. The first kappa shape index (κ1) is 26.9. The van der Waals surface area contributed by atoms with Crippen molar-refractivity contribution in [2.75, 3.05) is 13.2 Å². The van der Waals surface area contributed by atoms with Gasteiger partial charge in [-0.3, -0.25) is 4.79 Å². The number of rotatable bonds is 10. The largest absolute Gasteiger partial charge is 0.460 e. The lowest BCUT2D eigenvalue weighted by Crippen LogP contribution is -2.45. The number of aliphatic hydroxyl groups excluding tert-OH is 1. The molecule has 0 bridgehead atoms. The van der Waals surface area contributed by atoms with E-state index in [9.17, 15) is 9.90 Å². The smallest absolute Gasteiger partial charge is 0.306 e. The number of allylic oxidation sites excluding steroid dienone is 2. The van der Waals surface area contributed by atoms with Gasteiger partial charge in [0.25, 0.3) is 0 Å². The van der Waals surface area contributed by atoms with E-state index in [1.54, 1.807) is 0 Å². The molecule has 0 fully saturated rings. The Kier molecular flexibility index (Phi) is 8.08. The number of fused-ring (bicyclic) bond motifs is 2. The summed E-state index contributed by atoms with van der Waals surface area (Å²) < 4.78 is 5.70. The van der Waals surface area contributed by atoms with Crippen molar-refractivity contribution in [3.8, 4) is 0 Å². The fourth-order valence-corrected chi connectivity index (χ4v) is 5.24. The van der Waals surface area contributed by atoms with Gasteiger partial charge in [0.05, 0.1) is 5.41 Å². The van der Waals surface area contributed by atoms with E-state index in [4.69, 9.17) is 10.5 Å². The number of esters is 1. The average molecular weight is 476 g/mol. The summed E-state index contributed by atoms with van der Waals surface area (Å²) in [5.41, 5.74) is 10.9. The van der Waals surface area contributed by atoms with Crippen LogP contribution in [0.3, 0.4) is 0 Å². The molecule has 0 amide bonds. The highest BCUT2D eigenvalue weighted by atomic mass is 16.6. The van der Waals surface area contributed by atoms with Crippen molar-refractivity contribution in [2.45, 2.75) is 70.3 Å². The van der Waals surface area contributed by atoms with Gasteiger partial charge in [0.1, 0.15) is 5.60 Å². The van der Waals surface area contributed by atoms with Crippen LogP contribution in [0.15, 0.2) is 72.8 Å². The van der Waals surface area contributed by atoms with E-state index in [0.29, 0.717) is 19.4 Å². The molecule has 1 aliphatic carbocycles. The molecule has 1 atom stereocenters. The molecule has 0 saturated carbocycles. The van der Waals surface area contributed by atoms with Gasteiger partial charge in [-0.05, 0) is 55.4 Å². The molecule has 2 aromatic rings. The molecule has 0 heterocycles. The van der Waals surface area contributed by atoms with E-state index in [1.165, 1.54) is 22.3 Å². The van der Waals surface area contributed by atoms with Crippen LogP contribution >= 0.6 is 0 Å². The van der Waals surface area contributed by atoms with Crippen molar-refractivity contribution in [2.24, 2.45) is 11.7 Å². The molecule has 4 nitrogen and oxygen atoms in total. The quantitative estimate of drug-likeness (QED) is 0.336. The maximum atomic E-state index is 12.8. The van der Waals surface area contributed by atoms with Gasteiger partial charge in [0.2, 0.25) is 0 Å². The lowest BCUT2D eigenvalue weighted by molar-refractivity contribution is -0.158. The zero-order valence-corrected chi connectivity index (χ0v) is 21.9. The van der Waals surface area contributed by atoms with Crippen LogP contribution < -0.4 is 5.73 Å². The maximum absolute atomic E-state index is 12.8. The number of carbonyl (C=O) groups is 1. The highest BCUT2D eigenvalue weighted by Crippen LogP contribution is 2.52. The van der Waals surface area contributed by atoms with Gasteiger partial charge in [-0.25, -0.2) is 0 Å². The fraction of sp³-hybridized carbons (Fsp3) is 0.452. The molecule has 0 saturated heterocycles. The zero-order chi connectivity index (χ0) is 25.9. The number of hydrogen-bond acceptors (Lipinski definition) is 4. The SMILES string of the molecule is C=C(C)C(C)/C=C\C1(CN)c2ccccc2C(C)(CCC(=O)OC(C)(C)CCO)c2ccccc21. The number of carbonyl (C=O) groups excluding carboxylic acids is 1. The van der Waals surface area contributed by atoms with Gasteiger partial charge in [0, 0.05) is 31.4 Å². The number of aliphatic hydroxyl groups is 1. The summed E-state index contributed by atoms with van der Waals surface area (Å²) in [6, 6.07) is 17.0. The fourth-order valence-electron chi connectivity index (χ4n) is 5.24. The highest BCUT2D eigenvalue weighted by molar-refractivity contribution is 5.71. The molecule has 2 aromatic carbocycles. The van der Waals surface area contributed by atoms with Crippen molar-refractivity contribution in [3.05, 3.63) is 95.1 Å². The summed E-state index contributed by atoms with van der Waals surface area (Å²) in [5.74, 6) is -0.00594. The third kappa shape index (κ3) is 5.29. The Morgan fingerprint density at radius 3 is 2.09 bits per heavy atom. The Balaban J connectivity index is 2.07. The standard InChI is InChI=1S/C31H41NO3/c1-22(2)23(3)15-18-31(21-32)26-13-9-7-11-24(26)30(6,25-12-8-10-14-27(25)31)17-16-28(34)35-29(4,5)19-20-33/h7-15,18,23,33H,1,16-17,19-21,32H2,2-6H3/b18-15-. The van der Waals surface area contributed by atoms with Gasteiger partial charge < -0.3 is 15.6 Å². The zero-order valence-electron chi connectivity index (χ0n) is 21.9. The van der Waals surface area contributed by atoms with Gasteiger partial charge in [-0.1, -0.05) is 86.7 Å². The van der Waals surface area contributed by atoms with Crippen LogP contribution in [-0.4, -0.2) is 29.8 Å². The van der Waals surface area contributed by atoms with Crippen LogP contribution in [-0.2, 0) is 20.4 Å². The number of benzene rings is 2. The van der Waals surface area contributed by atoms with E-state index in [1.807, 2.05) is 20.8 Å². The van der Waals surface area contributed by atoms with Crippen molar-refractivity contribution >= 4 is 5.97 Å². The Morgan fingerprint density at radius 1 is 1.11 bits per heavy atom. The number of nitrogens with two attached hydrogens (primary N) is 1. The number of ether oxygens (including phenoxy) is 1. The topological polar surface area (TPSA) is 72.6 Å². The first-order chi connectivity index (χ1) is 16.5. The van der Waals surface area contributed by atoms with E-state index < -0.39 is 11.0 Å². The highest BCUT2D eigenvalue weighted by Gasteiger charge is 2.46. The van der Waals surface area contributed by atoms with Gasteiger partial charge in [-0.15, -0.1) is 0 Å². The predicted molar refractivity (Wildman–Crippen MR) is 143 cm³/mol. The summed E-state index contributed by atoms with van der Waals surface area (Å²) in [6.45, 7) is 14.6. The first-order valence-corrected chi connectivity index (χ1v) is 12.6. The van der Waals surface area contributed by atoms with Crippen LogP contribution in [0, 0.1) is 5.92 Å². The predicted octanol–water partition coefficient (Wildman–Crippen LogP) is 5.80. The Labute approximate surface area is 210 Å². The van der Waals surface area contributed by atoms with Gasteiger partial charge >= 0.3 is 5.97 Å². The molecule has 0 aromatic heterocycles. The maximum Gasteiger partial charge on any atom is 0.306 e. The Bertz CT molecular complexity index is 1050. The second-order valence-electron chi connectivity index (χ2n) is 10.8. The molecule has 0 spiro atoms. The van der Waals surface area contributed by atoms with Crippen molar-refractivity contribution in [3.63, 3.8) is 0 Å². The third-order valence-electron chi connectivity index (χ3n) is 7.71. The summed E-state index contributed by atoms with van der Waals surface area (Å²) >= 11 is 0. The minimum atomic E-state index is -0.686. The summed E-state index contributed by atoms with van der Waals surface area (Å²) in [5, 5.41) is 9.28. The molecule has 1 unspecified atom stereocenters. The van der Waals surface area contributed by atoms with Crippen molar-refractivity contribution < 1.29 is 14.6 Å². The summed E-state index contributed by atoms with van der Waals surface area (Å²) in [7, 11) is 0. The van der Waals surface area contributed by atoms with Crippen LogP contribution in [0.5, 0.6) is 0 Å². The molecule has 3 rings (SSSR count). The molecule has 3 N–H and O–H groups in total. The van der Waals surface area contributed by atoms with Crippen molar-refractivity contribution in [1.82, 2.24) is 0 Å². The lowest BCUT2D eigenvalue weighted by Gasteiger charge is -2.47. The average Bonchev–Trinajstić information content (AvgIpc) is 2.83. The Morgan fingerprint density at radius 2 is 1.63 bits per heavy atom. The monoisotopic (exact) mass is 475 g/mol. The normalized spacial score (nSPS) is 22.4. The molecule has 0 aliphatic heterocycles. The Hall–Kier alpha value is -2.69. The summed E-state index contributed by atoms with van der Waals surface area (Å²) in [6.07, 6.45) is 5.78. The van der Waals surface area contributed by atoms with Gasteiger partial charge in [0.15, 0.2) is 0 Å². The molecular formula is C31H41NO3. The lowest BCUT2D eigenvalue weighted by atomic mass is 9.56. The van der Waals surface area contributed by atoms with E-state index in [2.05, 4.69) is 81.1 Å². The number of hydrogen-bond donors (Lipinski definition) is 2. The third-order valence-corrected chi connectivity index (χ3v) is 7.71. The molecule has 1 aliphatic rings. The second-order valence-corrected chi connectivity index (χ2v) is 10.8. The van der Waals surface area contributed by atoms with Gasteiger partial charge in [-0.2, -0.15) is 0 Å². The first-order valence-electron chi connectivity index (χ1n) is 12.6. The van der Waals surface area contributed by atoms with Crippen LogP contribution in [0.1, 0.15) is 76.1 Å². The molecular weight excluding hydrogens is 434 g/mol. The second kappa shape index (κ2) is 10.5. The van der Waals surface area contributed by atoms with E-state index in [-0.39, 0.29) is 30.3 Å². The summed E-state index contributed by atoms with van der Waals surface area (Å²) in [4.78, 5) is 12.8. The van der Waals surface area contributed by atoms with Crippen molar-refractivity contribution in [1.29, 1.82) is 0 Å². The molecule has 4 heteroatoms. The molecule has 188 valence electrons. The molecule has 35 heavy (non-hydrogen) atoms. The van der Waals surface area contributed by atoms with Crippen LogP contribution in [0.25, 0.3) is 0 Å². The van der Waals surface area contributed by atoms with E-state index in [0.717, 1.165) is 5.57 Å². The van der Waals surface area contributed by atoms with Crippen LogP contribution in [0.4, 0.5) is 0 Å².